The summed E-state index contributed by atoms with van der Waals surface area (Å²) in [5, 5.41) is 3.46. The zero-order valence-corrected chi connectivity index (χ0v) is 16.0. The Hall–Kier alpha value is -2.66. The molecule has 0 spiro atoms. The topological polar surface area (TPSA) is 66.5 Å². The van der Waals surface area contributed by atoms with Crippen LogP contribution in [0.2, 0.25) is 5.02 Å². The summed E-state index contributed by atoms with van der Waals surface area (Å²) < 4.78 is 0. The second-order valence-corrected chi connectivity index (χ2v) is 7.45. The molecule has 1 aliphatic heterocycles. The molecule has 0 saturated carbocycles. The Morgan fingerprint density at radius 1 is 1.00 bits per heavy atom. The molecule has 1 aliphatic rings. The molecule has 2 aromatic carbocycles. The van der Waals surface area contributed by atoms with Gasteiger partial charge in [-0.3, -0.25) is 19.3 Å². The summed E-state index contributed by atoms with van der Waals surface area (Å²) in [6, 6.07) is 13.0. The first kappa shape index (κ1) is 19.1. The van der Waals surface area contributed by atoms with Crippen LogP contribution < -0.4 is 5.32 Å². The van der Waals surface area contributed by atoms with Gasteiger partial charge >= 0.3 is 0 Å². The van der Waals surface area contributed by atoms with Gasteiger partial charge in [0.15, 0.2) is 0 Å². The van der Waals surface area contributed by atoms with Crippen molar-refractivity contribution in [1.29, 1.82) is 0 Å². The van der Waals surface area contributed by atoms with Gasteiger partial charge in [-0.05, 0) is 42.2 Å². The molecule has 0 aromatic heterocycles. The molecule has 0 unspecified atom stereocenters. The maximum absolute atomic E-state index is 12.9. The fraction of sp³-hybridized carbons (Fsp3) is 0.286. The normalized spacial score (nSPS) is 14.4. The molecule has 27 heavy (non-hydrogen) atoms. The van der Waals surface area contributed by atoms with E-state index in [4.69, 9.17) is 11.6 Å². The molecule has 0 bridgehead atoms. The minimum absolute atomic E-state index is 0.139. The first-order chi connectivity index (χ1) is 12.9. The van der Waals surface area contributed by atoms with Crippen LogP contribution in [-0.4, -0.2) is 28.7 Å². The number of imide groups is 1. The van der Waals surface area contributed by atoms with E-state index in [1.807, 2.05) is 26.0 Å². The summed E-state index contributed by atoms with van der Waals surface area (Å²) in [4.78, 5) is 39.5. The van der Waals surface area contributed by atoms with Gasteiger partial charge in [0.25, 0.3) is 11.8 Å². The monoisotopic (exact) mass is 384 g/mol. The van der Waals surface area contributed by atoms with Crippen LogP contribution in [0.3, 0.4) is 0 Å². The van der Waals surface area contributed by atoms with Crippen molar-refractivity contribution >= 4 is 29.3 Å². The Bertz CT molecular complexity index is 842. The molecule has 5 nitrogen and oxygen atoms in total. The van der Waals surface area contributed by atoms with Gasteiger partial charge < -0.3 is 5.32 Å². The molecular weight excluding hydrogens is 364 g/mol. The van der Waals surface area contributed by atoms with E-state index in [1.165, 1.54) is 0 Å². The molecule has 3 amide bonds. The maximum atomic E-state index is 12.9. The Morgan fingerprint density at radius 3 is 2.07 bits per heavy atom. The van der Waals surface area contributed by atoms with Crippen LogP contribution in [0.25, 0.3) is 0 Å². The third-order valence-corrected chi connectivity index (χ3v) is 4.77. The molecule has 140 valence electrons. The Morgan fingerprint density at radius 2 is 1.56 bits per heavy atom. The quantitative estimate of drug-likeness (QED) is 0.773. The number of carbonyl (C=O) groups is 3. The maximum Gasteiger partial charge on any atom is 0.262 e. The third kappa shape index (κ3) is 4.03. The minimum atomic E-state index is -0.843. The molecule has 0 fully saturated rings. The van der Waals surface area contributed by atoms with E-state index >= 15 is 0 Å². The highest BCUT2D eigenvalue weighted by Crippen LogP contribution is 2.27. The lowest BCUT2D eigenvalue weighted by molar-refractivity contribution is -0.125. The Labute approximate surface area is 163 Å². The molecule has 1 atom stereocenters. The van der Waals surface area contributed by atoms with Gasteiger partial charge in [-0.25, -0.2) is 0 Å². The largest absolute Gasteiger partial charge is 0.350 e. The minimum Gasteiger partial charge on any atom is -0.350 e. The third-order valence-electron chi connectivity index (χ3n) is 4.51. The van der Waals surface area contributed by atoms with Crippen LogP contribution in [0.5, 0.6) is 0 Å². The summed E-state index contributed by atoms with van der Waals surface area (Å²) in [6.45, 7) is 4.21. The molecule has 6 heteroatoms. The zero-order valence-electron chi connectivity index (χ0n) is 15.2. The summed E-state index contributed by atoms with van der Waals surface area (Å²) in [5.74, 6) is -1.03. The van der Waals surface area contributed by atoms with E-state index in [0.29, 0.717) is 29.1 Å². The molecule has 3 rings (SSSR count). The number of amides is 3. The van der Waals surface area contributed by atoms with E-state index < -0.39 is 17.9 Å². The number of carbonyl (C=O) groups excluding carboxylic acids is 3. The predicted octanol–water partition coefficient (Wildman–Crippen LogP) is 3.67. The smallest absolute Gasteiger partial charge is 0.262 e. The number of rotatable bonds is 6. The van der Waals surface area contributed by atoms with E-state index in [-0.39, 0.29) is 11.8 Å². The van der Waals surface area contributed by atoms with Gasteiger partial charge in [0.2, 0.25) is 5.91 Å². The van der Waals surface area contributed by atoms with Crippen LogP contribution in [0, 0.1) is 5.92 Å². The summed E-state index contributed by atoms with van der Waals surface area (Å²) in [5.41, 5.74) is 1.59. The highest BCUT2D eigenvalue weighted by Gasteiger charge is 2.42. The summed E-state index contributed by atoms with van der Waals surface area (Å²) in [6.07, 6.45) is 0.401. The standard InChI is InChI=1S/C21H21ClN2O3/c1-13(2)11-18(19(25)23-12-14-7-9-15(22)10-8-14)24-20(26)16-5-3-4-6-17(16)21(24)27/h3-10,13,18H,11-12H2,1-2H3,(H,23,25)/t18-/m1/s1. The number of halogens is 1. The zero-order chi connectivity index (χ0) is 19.6. The van der Waals surface area contributed by atoms with Gasteiger partial charge in [-0.2, -0.15) is 0 Å². The van der Waals surface area contributed by atoms with Crippen molar-refractivity contribution in [1.82, 2.24) is 10.2 Å². The van der Waals surface area contributed by atoms with Crippen molar-refractivity contribution in [2.24, 2.45) is 5.92 Å². The lowest BCUT2D eigenvalue weighted by Gasteiger charge is -2.26. The first-order valence-electron chi connectivity index (χ1n) is 8.87. The fourth-order valence-electron chi connectivity index (χ4n) is 3.18. The number of nitrogens with one attached hydrogen (secondary N) is 1. The van der Waals surface area contributed by atoms with Crippen molar-refractivity contribution in [2.45, 2.75) is 32.9 Å². The molecule has 1 heterocycles. The lowest BCUT2D eigenvalue weighted by atomic mass is 10.0. The number of fused-ring (bicyclic) bond motifs is 1. The molecule has 0 saturated heterocycles. The van der Waals surface area contributed by atoms with Gasteiger partial charge in [0, 0.05) is 11.6 Å². The van der Waals surface area contributed by atoms with Gasteiger partial charge in [-0.1, -0.05) is 49.7 Å². The number of benzene rings is 2. The van der Waals surface area contributed by atoms with Crippen molar-refractivity contribution in [3.05, 3.63) is 70.2 Å². The van der Waals surface area contributed by atoms with E-state index in [0.717, 1.165) is 10.5 Å². The van der Waals surface area contributed by atoms with Gasteiger partial charge in [0.05, 0.1) is 11.1 Å². The van der Waals surface area contributed by atoms with Crippen LogP contribution in [0.1, 0.15) is 46.5 Å². The van der Waals surface area contributed by atoms with Gasteiger partial charge in [0.1, 0.15) is 6.04 Å². The number of nitrogens with zero attached hydrogens (tertiary/aromatic N) is 1. The highest BCUT2D eigenvalue weighted by molar-refractivity contribution is 6.30. The molecular formula is C21H21ClN2O3. The predicted molar refractivity (Wildman–Crippen MR) is 103 cm³/mol. The molecule has 1 N–H and O–H groups in total. The molecule has 2 aromatic rings. The van der Waals surface area contributed by atoms with Crippen LogP contribution >= 0.6 is 11.6 Å². The average molecular weight is 385 g/mol. The van der Waals surface area contributed by atoms with Crippen LogP contribution in [-0.2, 0) is 11.3 Å². The fourth-order valence-corrected chi connectivity index (χ4v) is 3.30. The lowest BCUT2D eigenvalue weighted by Crippen LogP contribution is -2.50. The van der Waals surface area contributed by atoms with Crippen molar-refractivity contribution in [3.63, 3.8) is 0 Å². The molecule has 0 radical (unpaired) electrons. The van der Waals surface area contributed by atoms with Crippen molar-refractivity contribution in [2.75, 3.05) is 0 Å². The van der Waals surface area contributed by atoms with Gasteiger partial charge in [-0.15, -0.1) is 0 Å². The van der Waals surface area contributed by atoms with E-state index in [1.54, 1.807) is 36.4 Å². The number of hydrogen-bond donors (Lipinski definition) is 1. The number of hydrogen-bond acceptors (Lipinski definition) is 3. The SMILES string of the molecule is CC(C)C[C@H](C(=O)NCc1ccc(Cl)cc1)N1C(=O)c2ccccc2C1=O. The molecule has 0 aliphatic carbocycles. The average Bonchev–Trinajstić information content (AvgIpc) is 2.90. The summed E-state index contributed by atoms with van der Waals surface area (Å²) in [7, 11) is 0. The van der Waals surface area contributed by atoms with E-state index in [9.17, 15) is 14.4 Å². The second kappa shape index (κ2) is 7.92. The van der Waals surface area contributed by atoms with Crippen LogP contribution in [0.4, 0.5) is 0 Å². The van der Waals surface area contributed by atoms with E-state index in [2.05, 4.69) is 5.32 Å². The highest BCUT2D eigenvalue weighted by atomic mass is 35.5. The van der Waals surface area contributed by atoms with Crippen LogP contribution in [0.15, 0.2) is 48.5 Å². The first-order valence-corrected chi connectivity index (χ1v) is 9.25. The van der Waals surface area contributed by atoms with Crippen molar-refractivity contribution < 1.29 is 14.4 Å². The van der Waals surface area contributed by atoms with Crippen molar-refractivity contribution in [3.8, 4) is 0 Å². The second-order valence-electron chi connectivity index (χ2n) is 7.02. The Kier molecular flexibility index (Phi) is 5.61. The Balaban J connectivity index is 1.79. The summed E-state index contributed by atoms with van der Waals surface area (Å²) >= 11 is 5.88.